The summed E-state index contributed by atoms with van der Waals surface area (Å²) in [7, 11) is 5.38. The molecule has 0 aromatic heterocycles. The molecular weight excluding hydrogens is 1580 g/mol. The van der Waals surface area contributed by atoms with Crippen molar-refractivity contribution < 1.29 is 91.7 Å². The molecule has 2 aromatic rings. The Kier molecular flexibility index (Phi) is 30.4. The molecular formula is C88H121N12O18S2+. The summed E-state index contributed by atoms with van der Waals surface area (Å²) in [6, 6.07) is 4.65. The van der Waals surface area contributed by atoms with Gasteiger partial charge in [-0.1, -0.05) is 119 Å². The quantitative estimate of drug-likeness (QED) is 0.0432. The van der Waals surface area contributed by atoms with E-state index in [1.807, 2.05) is 31.2 Å². The molecule has 4 saturated heterocycles. The van der Waals surface area contributed by atoms with E-state index in [1.54, 1.807) is 98.6 Å². The largest absolute Gasteiger partial charge is 0.455 e. The summed E-state index contributed by atoms with van der Waals surface area (Å²) in [6.45, 7) is 9.69. The van der Waals surface area contributed by atoms with Crippen LogP contribution in [0.15, 0.2) is 108 Å². The van der Waals surface area contributed by atoms with Crippen LogP contribution in [0.1, 0.15) is 155 Å². The van der Waals surface area contributed by atoms with Gasteiger partial charge in [0.1, 0.15) is 60.0 Å². The number of hydrogen-bond donors (Lipinski definition) is 12. The minimum Gasteiger partial charge on any atom is -0.455 e. The van der Waals surface area contributed by atoms with E-state index in [0.717, 1.165) is 46.5 Å². The van der Waals surface area contributed by atoms with Crippen LogP contribution in [-0.4, -0.2) is 246 Å². The second kappa shape index (κ2) is 40.4. The minimum absolute atomic E-state index is 0.0113. The molecule has 20 unspecified atom stereocenters. The van der Waals surface area contributed by atoms with Crippen molar-refractivity contribution in [3.8, 4) is 0 Å². The predicted molar refractivity (Wildman–Crippen MR) is 448 cm³/mol. The molecule has 652 valence electrons. The van der Waals surface area contributed by atoms with Gasteiger partial charge in [0.2, 0.25) is 53.2 Å². The van der Waals surface area contributed by atoms with Crippen LogP contribution in [0.4, 0.5) is 4.79 Å². The van der Waals surface area contributed by atoms with Crippen LogP contribution in [0, 0.1) is 40.9 Å². The SMILES string of the molecule is CO[C@@]1(C(=O)OCC(=O)C2CSSCC(NC(=O)C(Cc3ccccc3)NC(=O)C3CCCN3C(=O)C3CCCN3C(=O)C3CCC[NH+](C)C3)C(=O)NC(Cc3ccccc3)C(=O)NC(CC3=CNC4C=CC=CC34)C(=O)NC(CCCCNC(=O)OC(C)(C)C)C(=O)NC(C(C)O)C(=O)N2)CCC2C3CCC4=CC(=O)CCC4C3C(O)CC21C. The average Bonchev–Trinajstić information content (AvgIpc) is 1.51. The maximum absolute atomic E-state index is 15.7. The topological polar surface area (TPSA) is 409 Å². The number of ketones is 2. The number of amides is 10. The van der Waals surface area contributed by atoms with Gasteiger partial charge in [-0.3, -0.25) is 52.7 Å². The van der Waals surface area contributed by atoms with Gasteiger partial charge in [0.05, 0.1) is 44.3 Å². The van der Waals surface area contributed by atoms with Gasteiger partial charge in [-0.05, 0) is 183 Å². The fraction of sp³-hybridized carbons (Fsp3) is 0.625. The van der Waals surface area contributed by atoms with E-state index < -0.39 is 149 Å². The normalized spacial score (nSPS) is 32.3. The summed E-state index contributed by atoms with van der Waals surface area (Å²) in [5, 5.41) is 49.6. The number of unbranched alkanes of at least 4 members (excludes halogenated alkanes) is 1. The van der Waals surface area contributed by atoms with Crippen molar-refractivity contribution in [2.45, 2.75) is 240 Å². The number of fused-ring (bicyclic) bond motifs is 6. The van der Waals surface area contributed by atoms with Crippen LogP contribution in [0.5, 0.6) is 0 Å². The molecule has 32 heteroatoms. The fourth-order valence-corrected chi connectivity index (χ4v) is 22.6. The number of benzene rings is 2. The zero-order valence-electron chi connectivity index (χ0n) is 69.9. The van der Waals surface area contributed by atoms with E-state index >= 15 is 43.2 Å². The molecule has 0 spiro atoms. The monoisotopic (exact) mass is 1700 g/mol. The standard InChI is InChI=1S/C88H120N12O18S2/c1-51(101)74-81(111)95-67(72(104)48-117-84(114)88(116-7)36-35-61-60-33-31-54-43-57(102)32-34-59(54)73(60)71(103)45-87(61,88)5)49-119-120-50-68(96-77(107)65(42-53-23-12-9-13-24-53)94-80(110)69-29-19-39-99(69)83(113)70-30-20-40-100(70)82(112)55-25-18-38-98(6)47-55)79(109)92-64(41-52-21-10-8-11-22-52)76(106)93-66(44-56-46-90-62-27-15-14-26-58(56)62)78(108)91-63(75(105)97-74)28-16-17-37-89-85(115)118-86(2,3)4/h8-15,21-24,26-27,43,46,51,55,58-71,73-74,90,101,103H,16-20,25,28-42,44-45,47-50H2,1-7H3,(H,89,115)(H,91,108)(H,92,109)(H,93,106)(H,94,110)(H,95,111)(H,96,107)(H,97,105)/p+1/t51?,55?,58?,59?,60?,61?,62?,63?,64?,65?,66?,67?,68?,69?,70?,71?,73?,74?,87?,88-/m1/s1. The van der Waals surface area contributed by atoms with Crippen LogP contribution in [-0.2, 0) is 84.6 Å². The van der Waals surface area contributed by atoms with Crippen molar-refractivity contribution in [2.24, 2.45) is 40.9 Å². The second-order valence-corrected chi connectivity index (χ2v) is 38.1. The van der Waals surface area contributed by atoms with Crippen LogP contribution in [0.2, 0.25) is 0 Å². The summed E-state index contributed by atoms with van der Waals surface area (Å²) in [4.78, 5) is 197. The Labute approximate surface area is 709 Å². The summed E-state index contributed by atoms with van der Waals surface area (Å²) in [5.74, 6) is -9.61. The van der Waals surface area contributed by atoms with Crippen molar-refractivity contribution in [3.05, 3.63) is 120 Å². The molecule has 21 atom stereocenters. The van der Waals surface area contributed by atoms with Gasteiger partial charge in [-0.15, -0.1) is 0 Å². The number of methoxy groups -OCH3 is 1. The Bertz CT molecular complexity index is 4240. The number of piperidine rings is 1. The van der Waals surface area contributed by atoms with Crippen LogP contribution < -0.4 is 52.8 Å². The Hall–Kier alpha value is -8.95. The van der Waals surface area contributed by atoms with Crippen LogP contribution in [0.3, 0.4) is 0 Å². The second-order valence-electron chi connectivity index (χ2n) is 35.5. The number of alkyl carbamates (subject to hydrolysis) is 1. The van der Waals surface area contributed by atoms with Crippen molar-refractivity contribution in [3.63, 3.8) is 0 Å². The number of carbonyl (C=O) groups excluding carboxylic acids is 13. The van der Waals surface area contributed by atoms with Crippen molar-refractivity contribution in [1.29, 1.82) is 0 Å². The number of ether oxygens (including phenoxy) is 3. The van der Waals surface area contributed by atoms with E-state index in [2.05, 4.69) is 54.9 Å². The Balaban J connectivity index is 0.853. The van der Waals surface area contributed by atoms with E-state index in [9.17, 15) is 29.4 Å². The first-order valence-electron chi connectivity index (χ1n) is 42.9. The van der Waals surface area contributed by atoms with E-state index in [4.69, 9.17) is 14.2 Å². The van der Waals surface area contributed by atoms with E-state index in [1.165, 1.54) is 23.8 Å². The Morgan fingerprint density at radius 3 is 2.11 bits per heavy atom. The molecule has 0 radical (unpaired) electrons. The number of aliphatic hydroxyl groups is 2. The maximum Gasteiger partial charge on any atom is 0.407 e. The number of allylic oxidation sites excluding steroid dienone is 3. The molecule has 10 aliphatic rings. The lowest BCUT2D eigenvalue weighted by Crippen LogP contribution is -3.10. The highest BCUT2D eigenvalue weighted by Crippen LogP contribution is 2.66. The maximum atomic E-state index is 15.7. The summed E-state index contributed by atoms with van der Waals surface area (Å²) in [6.07, 6.45) is 14.4. The Morgan fingerprint density at radius 1 is 0.733 bits per heavy atom. The molecule has 3 saturated carbocycles. The lowest BCUT2D eigenvalue weighted by atomic mass is 9.49. The molecule has 5 aliphatic carbocycles. The molecule has 0 bridgehead atoms. The van der Waals surface area contributed by atoms with Gasteiger partial charge in [-0.2, -0.15) is 0 Å². The van der Waals surface area contributed by atoms with Gasteiger partial charge >= 0.3 is 12.1 Å². The number of rotatable bonds is 23. The van der Waals surface area contributed by atoms with Gasteiger partial charge in [0.15, 0.2) is 23.8 Å². The summed E-state index contributed by atoms with van der Waals surface area (Å²) >= 11 is 0. The van der Waals surface area contributed by atoms with Gasteiger partial charge in [0, 0.05) is 68.8 Å². The first-order chi connectivity index (χ1) is 57.4. The Morgan fingerprint density at radius 2 is 1.40 bits per heavy atom. The highest BCUT2D eigenvalue weighted by Gasteiger charge is 2.69. The number of quaternary nitrogens is 1. The number of esters is 1. The molecule has 5 heterocycles. The lowest BCUT2D eigenvalue weighted by molar-refractivity contribution is -0.887. The highest BCUT2D eigenvalue weighted by molar-refractivity contribution is 8.76. The first kappa shape index (κ1) is 90.3. The third-order valence-electron chi connectivity index (χ3n) is 26.3. The third-order valence-corrected chi connectivity index (χ3v) is 28.7. The third kappa shape index (κ3) is 21.6. The molecule has 10 amide bonds. The van der Waals surface area contributed by atoms with Crippen molar-refractivity contribution in [2.75, 3.05) is 65.0 Å². The molecule has 7 fully saturated rings. The highest BCUT2D eigenvalue weighted by atomic mass is 33.1. The number of Topliss-reactive ketones (excluding diaryl/α,β-unsaturated/α-hetero) is 1. The number of hydrogen-bond acceptors (Lipinski definition) is 21. The van der Waals surface area contributed by atoms with Crippen molar-refractivity contribution >= 4 is 98.4 Å². The number of aliphatic hydroxyl groups excluding tert-OH is 2. The van der Waals surface area contributed by atoms with E-state index in [-0.39, 0.29) is 142 Å². The smallest absolute Gasteiger partial charge is 0.407 e. The zero-order chi connectivity index (χ0) is 85.7. The number of carbonyl (C=O) groups is 13. The van der Waals surface area contributed by atoms with Crippen molar-refractivity contribution in [1.82, 2.24) is 57.7 Å². The first-order valence-corrected chi connectivity index (χ1v) is 45.4. The number of likely N-dealkylation sites (tertiary alicyclic amines) is 3. The van der Waals surface area contributed by atoms with Crippen LogP contribution in [0.25, 0.3) is 0 Å². The molecule has 5 aliphatic heterocycles. The molecule has 120 heavy (non-hydrogen) atoms. The molecule has 12 rings (SSSR count). The average molecular weight is 1700 g/mol. The van der Waals surface area contributed by atoms with Crippen LogP contribution >= 0.6 is 21.6 Å². The zero-order valence-corrected chi connectivity index (χ0v) is 71.5. The fourth-order valence-electron chi connectivity index (χ4n) is 20.2. The lowest BCUT2D eigenvalue weighted by Gasteiger charge is -2.57. The molecule has 12 N–H and O–H groups in total. The van der Waals surface area contributed by atoms with E-state index in [0.29, 0.717) is 81.2 Å². The summed E-state index contributed by atoms with van der Waals surface area (Å²) in [5.41, 5.74) is -0.492. The molecule has 30 nitrogen and oxygen atoms in total. The van der Waals surface area contributed by atoms with Gasteiger partial charge in [-0.25, -0.2) is 9.59 Å². The van der Waals surface area contributed by atoms with Gasteiger partial charge < -0.3 is 87.0 Å². The summed E-state index contributed by atoms with van der Waals surface area (Å²) < 4.78 is 17.8. The minimum atomic E-state index is -1.83. The predicted octanol–water partition coefficient (Wildman–Crippen LogP) is 2.84. The van der Waals surface area contributed by atoms with Gasteiger partial charge in [0.25, 0.3) is 0 Å². The molecule has 2 aromatic carbocycles. The number of nitrogens with one attached hydrogen (secondary N) is 10. The number of nitrogens with zero attached hydrogens (tertiary/aromatic N) is 2.